The van der Waals surface area contributed by atoms with Crippen LogP contribution in [-0.4, -0.2) is 67.2 Å². The maximum atomic E-state index is 12.3. The second-order valence-corrected chi connectivity index (χ2v) is 5.82. The zero-order valence-electron chi connectivity index (χ0n) is 14.5. The molecule has 0 unspecified atom stereocenters. The third-order valence-electron chi connectivity index (χ3n) is 4.44. The van der Waals surface area contributed by atoms with Crippen molar-refractivity contribution in [3.63, 3.8) is 0 Å². The summed E-state index contributed by atoms with van der Waals surface area (Å²) in [6, 6.07) is 2.90. The van der Waals surface area contributed by atoms with Gasteiger partial charge in [0.2, 0.25) is 5.91 Å². The van der Waals surface area contributed by atoms with E-state index in [4.69, 9.17) is 9.47 Å². The number of rotatable bonds is 6. The molecule has 0 saturated carbocycles. The van der Waals surface area contributed by atoms with E-state index in [-0.39, 0.29) is 17.5 Å². The molecule has 0 aromatic heterocycles. The van der Waals surface area contributed by atoms with E-state index < -0.39 is 5.97 Å². The summed E-state index contributed by atoms with van der Waals surface area (Å²) < 4.78 is 10.5. The number of nitrogens with zero attached hydrogens (tertiary/aromatic N) is 2. The fourth-order valence-electron chi connectivity index (χ4n) is 3.05. The summed E-state index contributed by atoms with van der Waals surface area (Å²) in [5.74, 6) is -0.105. The minimum Gasteiger partial charge on any atom is -0.497 e. The van der Waals surface area contributed by atoms with Crippen molar-refractivity contribution in [2.75, 3.05) is 34.4 Å². The molecule has 7 heteroatoms. The van der Waals surface area contributed by atoms with Crippen LogP contribution in [0.4, 0.5) is 0 Å². The summed E-state index contributed by atoms with van der Waals surface area (Å²) in [6.07, 6.45) is 0.671. The number of amides is 1. The highest BCUT2D eigenvalue weighted by molar-refractivity contribution is 5.91. The summed E-state index contributed by atoms with van der Waals surface area (Å²) in [5.41, 5.74) is 0.689. The van der Waals surface area contributed by atoms with Crippen molar-refractivity contribution in [2.45, 2.75) is 25.9 Å². The van der Waals surface area contributed by atoms with Gasteiger partial charge in [0.25, 0.3) is 0 Å². The average Bonchev–Trinajstić information content (AvgIpc) is 2.58. The quantitative estimate of drug-likeness (QED) is 0.847. The molecule has 0 radical (unpaired) electrons. The van der Waals surface area contributed by atoms with Crippen LogP contribution < -0.4 is 9.47 Å². The Hall–Kier alpha value is -2.28. The first-order valence-corrected chi connectivity index (χ1v) is 7.90. The van der Waals surface area contributed by atoms with Crippen LogP contribution in [0.25, 0.3) is 0 Å². The molecule has 1 aliphatic heterocycles. The molecule has 0 aliphatic carbocycles. The van der Waals surface area contributed by atoms with Crippen LogP contribution in [0.1, 0.15) is 29.3 Å². The number of benzene rings is 1. The van der Waals surface area contributed by atoms with Gasteiger partial charge < -0.3 is 19.5 Å². The number of carboxylic acids is 1. The molecule has 1 aromatic rings. The molecule has 1 heterocycles. The molecule has 1 aliphatic rings. The number of ether oxygens (including phenoxy) is 2. The molecule has 7 nitrogen and oxygen atoms in total. The second-order valence-electron chi connectivity index (χ2n) is 5.82. The van der Waals surface area contributed by atoms with Gasteiger partial charge in [0.05, 0.1) is 25.8 Å². The largest absolute Gasteiger partial charge is 0.497 e. The molecule has 24 heavy (non-hydrogen) atoms. The second kappa shape index (κ2) is 7.53. The highest BCUT2D eigenvalue weighted by atomic mass is 16.5. The first-order chi connectivity index (χ1) is 11.4. The summed E-state index contributed by atoms with van der Waals surface area (Å²) in [5, 5.41) is 9.55. The van der Waals surface area contributed by atoms with E-state index >= 15 is 0 Å². The lowest BCUT2D eigenvalue weighted by atomic mass is 10.0. The van der Waals surface area contributed by atoms with Crippen molar-refractivity contribution in [2.24, 2.45) is 0 Å². The monoisotopic (exact) mass is 336 g/mol. The minimum atomic E-state index is -1.05. The maximum absolute atomic E-state index is 12.3. The molecular weight excluding hydrogens is 312 g/mol. The summed E-state index contributed by atoms with van der Waals surface area (Å²) >= 11 is 0. The van der Waals surface area contributed by atoms with Crippen LogP contribution in [0.2, 0.25) is 0 Å². The molecule has 0 spiro atoms. The molecule has 1 N–H and O–H groups in total. The van der Waals surface area contributed by atoms with Gasteiger partial charge in [0.1, 0.15) is 11.5 Å². The Morgan fingerprint density at radius 3 is 2.54 bits per heavy atom. The van der Waals surface area contributed by atoms with Crippen molar-refractivity contribution in [1.29, 1.82) is 0 Å². The van der Waals surface area contributed by atoms with E-state index in [0.717, 1.165) is 0 Å². The van der Waals surface area contributed by atoms with Crippen molar-refractivity contribution in [3.05, 3.63) is 23.3 Å². The number of carboxylic acid groups (broad SMARTS) is 1. The number of aromatic carboxylic acids is 1. The van der Waals surface area contributed by atoms with Crippen LogP contribution in [-0.2, 0) is 11.3 Å². The van der Waals surface area contributed by atoms with E-state index in [9.17, 15) is 14.7 Å². The topological polar surface area (TPSA) is 79.3 Å². The number of hydrogen-bond acceptors (Lipinski definition) is 5. The van der Waals surface area contributed by atoms with Crippen molar-refractivity contribution >= 4 is 11.9 Å². The lowest BCUT2D eigenvalue weighted by molar-refractivity contribution is -0.140. The zero-order valence-corrected chi connectivity index (χ0v) is 14.5. The SMILES string of the molecule is CC[C@H]1C(=O)N(C)CCN1Cc1c(OC)cc(OC)cc1C(=O)O. The van der Waals surface area contributed by atoms with E-state index in [2.05, 4.69) is 0 Å². The minimum absolute atomic E-state index is 0.0631. The number of methoxy groups -OCH3 is 2. The number of likely N-dealkylation sites (N-methyl/N-ethyl adjacent to an activating group) is 1. The molecular formula is C17H24N2O5. The van der Waals surface area contributed by atoms with Gasteiger partial charge in [-0.15, -0.1) is 0 Å². The zero-order chi connectivity index (χ0) is 17.9. The molecule has 1 aromatic carbocycles. The Bertz CT molecular complexity index is 632. The fourth-order valence-corrected chi connectivity index (χ4v) is 3.05. The van der Waals surface area contributed by atoms with Crippen molar-refractivity contribution < 1.29 is 24.2 Å². The lowest BCUT2D eigenvalue weighted by Crippen LogP contribution is -2.55. The number of hydrogen-bond donors (Lipinski definition) is 1. The summed E-state index contributed by atoms with van der Waals surface area (Å²) in [6.45, 7) is 3.61. The van der Waals surface area contributed by atoms with E-state index in [1.807, 2.05) is 11.8 Å². The van der Waals surface area contributed by atoms with Crippen LogP contribution >= 0.6 is 0 Å². The summed E-state index contributed by atoms with van der Waals surface area (Å²) in [4.78, 5) is 27.7. The molecule has 1 fully saturated rings. The predicted molar refractivity (Wildman–Crippen MR) is 88.6 cm³/mol. The first-order valence-electron chi connectivity index (χ1n) is 7.90. The molecule has 1 saturated heterocycles. The fraction of sp³-hybridized carbons (Fsp3) is 0.529. The Morgan fingerprint density at radius 2 is 2.00 bits per heavy atom. The summed E-state index contributed by atoms with van der Waals surface area (Å²) in [7, 11) is 4.77. The van der Waals surface area contributed by atoms with Gasteiger partial charge >= 0.3 is 5.97 Å². The molecule has 0 bridgehead atoms. The number of carbonyl (C=O) groups excluding carboxylic acids is 1. The highest BCUT2D eigenvalue weighted by Crippen LogP contribution is 2.31. The average molecular weight is 336 g/mol. The Morgan fingerprint density at radius 1 is 1.29 bits per heavy atom. The van der Waals surface area contributed by atoms with Crippen LogP contribution in [0.15, 0.2) is 12.1 Å². The predicted octanol–water partition coefficient (Wildman–Crippen LogP) is 1.45. The Balaban J connectivity index is 2.40. The standard InChI is InChI=1S/C17H24N2O5/c1-5-14-16(20)18(2)6-7-19(14)10-13-12(17(21)22)8-11(23-3)9-15(13)24-4/h8-9,14H,5-7,10H2,1-4H3,(H,21,22)/t14-/m0/s1. The van der Waals surface area contributed by atoms with Gasteiger partial charge in [-0.2, -0.15) is 0 Å². The Labute approximate surface area is 141 Å². The van der Waals surface area contributed by atoms with Gasteiger partial charge in [0, 0.05) is 38.3 Å². The van der Waals surface area contributed by atoms with Crippen molar-refractivity contribution in [1.82, 2.24) is 9.80 Å². The van der Waals surface area contributed by atoms with Gasteiger partial charge in [0.15, 0.2) is 0 Å². The molecule has 1 atom stereocenters. The van der Waals surface area contributed by atoms with Gasteiger partial charge in [-0.25, -0.2) is 4.79 Å². The van der Waals surface area contributed by atoms with E-state index in [1.54, 1.807) is 18.0 Å². The first kappa shape index (κ1) is 18.1. The van der Waals surface area contributed by atoms with Crippen LogP contribution in [0.5, 0.6) is 11.5 Å². The number of carbonyl (C=O) groups is 2. The third kappa shape index (κ3) is 3.46. The number of piperazine rings is 1. The molecule has 132 valence electrons. The highest BCUT2D eigenvalue weighted by Gasteiger charge is 2.33. The van der Waals surface area contributed by atoms with Gasteiger partial charge in [-0.05, 0) is 12.5 Å². The lowest BCUT2D eigenvalue weighted by Gasteiger charge is -2.39. The van der Waals surface area contributed by atoms with Crippen LogP contribution in [0, 0.1) is 0 Å². The normalized spacial score (nSPS) is 18.6. The third-order valence-corrected chi connectivity index (χ3v) is 4.44. The van der Waals surface area contributed by atoms with Crippen molar-refractivity contribution in [3.8, 4) is 11.5 Å². The van der Waals surface area contributed by atoms with E-state index in [1.165, 1.54) is 20.3 Å². The van der Waals surface area contributed by atoms with Gasteiger partial charge in [-0.1, -0.05) is 6.92 Å². The van der Waals surface area contributed by atoms with E-state index in [0.29, 0.717) is 43.1 Å². The smallest absolute Gasteiger partial charge is 0.336 e. The molecule has 2 rings (SSSR count). The Kier molecular flexibility index (Phi) is 5.66. The van der Waals surface area contributed by atoms with Crippen LogP contribution in [0.3, 0.4) is 0 Å². The maximum Gasteiger partial charge on any atom is 0.336 e. The molecule has 1 amide bonds. The van der Waals surface area contributed by atoms with Gasteiger partial charge in [-0.3, -0.25) is 9.69 Å².